The Morgan fingerprint density at radius 3 is 2.53 bits per heavy atom. The molecule has 7 heteroatoms. The molecule has 1 aliphatic heterocycles. The zero-order valence-electron chi connectivity index (χ0n) is 12.1. The fourth-order valence-electron chi connectivity index (χ4n) is 1.91. The third kappa shape index (κ3) is 7.46. The number of nitrogens with one attached hydrogen (secondary N) is 2. The van der Waals surface area contributed by atoms with Crippen LogP contribution in [0.3, 0.4) is 0 Å². The Labute approximate surface area is 125 Å². The van der Waals surface area contributed by atoms with E-state index in [4.69, 9.17) is 4.74 Å². The summed E-state index contributed by atoms with van der Waals surface area (Å²) < 4.78 is 5.10. The summed E-state index contributed by atoms with van der Waals surface area (Å²) in [6.45, 7) is 6.92. The molecule has 0 spiro atoms. The van der Waals surface area contributed by atoms with Gasteiger partial charge >= 0.3 is 25.0 Å². The first-order valence-electron chi connectivity index (χ1n) is 6.16. The Bertz CT molecular complexity index is 317. The number of carbonyl (C=O) groups excluding carboxylic acids is 2. The molecule has 0 saturated carbocycles. The van der Waals surface area contributed by atoms with Crippen molar-refractivity contribution in [2.24, 2.45) is 11.8 Å². The second kappa shape index (κ2) is 7.78. The average molecular weight is 264 g/mol. The summed E-state index contributed by atoms with van der Waals surface area (Å²) in [5.74, 6) is -1.43. The zero-order chi connectivity index (χ0) is 13.8. The molecule has 0 radical (unpaired) electrons. The quantitative estimate of drug-likeness (QED) is 0.516. The molecule has 0 bridgehead atoms. The molecule has 104 valence electrons. The molecular weight excluding hydrogens is 243 g/mol. The van der Waals surface area contributed by atoms with Crippen molar-refractivity contribution in [2.45, 2.75) is 32.8 Å². The average Bonchev–Trinajstić information content (AvgIpc) is 2.24. The van der Waals surface area contributed by atoms with Gasteiger partial charge in [0.05, 0.1) is 0 Å². The van der Waals surface area contributed by atoms with E-state index in [9.17, 15) is 14.7 Å². The van der Waals surface area contributed by atoms with Gasteiger partial charge in [0.15, 0.2) is 0 Å². The fraction of sp³-hybridized carbons (Fsp3) is 0.833. The summed E-state index contributed by atoms with van der Waals surface area (Å²) in [7, 11) is 0. The van der Waals surface area contributed by atoms with Crippen molar-refractivity contribution in [3.05, 3.63) is 0 Å². The largest absolute Gasteiger partial charge is 1.00 e. The molecule has 6 nitrogen and oxygen atoms in total. The van der Waals surface area contributed by atoms with Crippen molar-refractivity contribution in [2.75, 3.05) is 19.6 Å². The molecule has 0 aromatic rings. The standard InChI is InChI=1S/C12H22N2O4.Li/c1-12(2,3)18-11(17)14-6-8-4-9(10(15)16)7-13-5-8;/h8-9,13H,4-7H2,1-3H3,(H,14,17)(H,15,16);/q;+1/p-1. The number of carbonyl (C=O) groups is 2. The van der Waals surface area contributed by atoms with Crippen LogP contribution in [0.2, 0.25) is 0 Å². The smallest absolute Gasteiger partial charge is 0.550 e. The number of rotatable bonds is 3. The molecule has 2 unspecified atom stereocenters. The minimum absolute atomic E-state index is 0. The number of amides is 1. The second-order valence-corrected chi connectivity index (χ2v) is 5.66. The molecule has 0 aliphatic carbocycles. The van der Waals surface area contributed by atoms with Gasteiger partial charge in [-0.2, -0.15) is 0 Å². The number of aliphatic carboxylic acids is 1. The molecule has 1 saturated heterocycles. The van der Waals surface area contributed by atoms with Crippen LogP contribution in [-0.4, -0.2) is 37.3 Å². The molecule has 1 aliphatic rings. The molecule has 1 amide bonds. The van der Waals surface area contributed by atoms with Gasteiger partial charge in [-0.15, -0.1) is 0 Å². The van der Waals surface area contributed by atoms with Gasteiger partial charge in [-0.05, 0) is 39.7 Å². The topological polar surface area (TPSA) is 90.5 Å². The van der Waals surface area contributed by atoms with Crippen molar-refractivity contribution in [3.8, 4) is 0 Å². The van der Waals surface area contributed by atoms with E-state index in [0.29, 0.717) is 26.1 Å². The summed E-state index contributed by atoms with van der Waals surface area (Å²) in [6, 6.07) is 0. The Kier molecular flexibility index (Phi) is 7.49. The van der Waals surface area contributed by atoms with Crippen LogP contribution in [-0.2, 0) is 9.53 Å². The predicted molar refractivity (Wildman–Crippen MR) is 63.7 cm³/mol. The summed E-state index contributed by atoms with van der Waals surface area (Å²) >= 11 is 0. The number of hydrogen-bond acceptors (Lipinski definition) is 5. The minimum atomic E-state index is -1.04. The Hall–Kier alpha value is -0.703. The van der Waals surface area contributed by atoms with Crippen LogP contribution < -0.4 is 34.6 Å². The van der Waals surface area contributed by atoms with Gasteiger partial charge in [-0.25, -0.2) is 4.79 Å². The second-order valence-electron chi connectivity index (χ2n) is 5.66. The van der Waals surface area contributed by atoms with Crippen molar-refractivity contribution < 1.29 is 38.3 Å². The fourth-order valence-corrected chi connectivity index (χ4v) is 1.91. The van der Waals surface area contributed by atoms with E-state index in [1.165, 1.54) is 0 Å². The van der Waals surface area contributed by atoms with Gasteiger partial charge in [0.2, 0.25) is 0 Å². The van der Waals surface area contributed by atoms with E-state index in [-0.39, 0.29) is 24.8 Å². The van der Waals surface area contributed by atoms with Crippen LogP contribution in [0.4, 0.5) is 4.79 Å². The van der Waals surface area contributed by atoms with Crippen LogP contribution in [0, 0.1) is 11.8 Å². The van der Waals surface area contributed by atoms with E-state index in [1.54, 1.807) is 20.8 Å². The minimum Gasteiger partial charge on any atom is -0.550 e. The Balaban J connectivity index is 0.00000324. The summed E-state index contributed by atoms with van der Waals surface area (Å²) in [4.78, 5) is 22.2. The maximum absolute atomic E-state index is 11.4. The van der Waals surface area contributed by atoms with E-state index < -0.39 is 23.6 Å². The number of hydrogen-bond donors (Lipinski definition) is 2. The van der Waals surface area contributed by atoms with Gasteiger partial charge in [-0.3, -0.25) is 0 Å². The zero-order valence-corrected chi connectivity index (χ0v) is 12.1. The molecule has 19 heavy (non-hydrogen) atoms. The number of alkyl carbamates (subject to hydrolysis) is 1. The van der Waals surface area contributed by atoms with Gasteiger partial charge in [-0.1, -0.05) is 0 Å². The maximum Gasteiger partial charge on any atom is 1.00 e. The number of ether oxygens (including phenoxy) is 1. The summed E-state index contributed by atoms with van der Waals surface area (Å²) in [5, 5.41) is 16.4. The van der Waals surface area contributed by atoms with E-state index in [0.717, 1.165) is 0 Å². The third-order valence-electron chi connectivity index (χ3n) is 2.71. The van der Waals surface area contributed by atoms with E-state index in [1.807, 2.05) is 0 Å². The first-order chi connectivity index (χ1) is 8.28. The SMILES string of the molecule is CC(C)(C)OC(=O)NCC1CNCC(C(=O)[O-])C1.[Li+]. The molecule has 2 atom stereocenters. The maximum atomic E-state index is 11.4. The first kappa shape index (κ1) is 18.3. The molecule has 1 fully saturated rings. The van der Waals surface area contributed by atoms with Crippen LogP contribution in [0.15, 0.2) is 0 Å². The predicted octanol–water partition coefficient (Wildman–Crippen LogP) is -3.51. The molecule has 1 rings (SSSR count). The van der Waals surface area contributed by atoms with Crippen LogP contribution in [0.1, 0.15) is 27.2 Å². The molecular formula is C12H21LiN2O4. The van der Waals surface area contributed by atoms with Crippen molar-refractivity contribution >= 4 is 12.1 Å². The Morgan fingerprint density at radius 2 is 2.00 bits per heavy atom. The number of piperidine rings is 1. The van der Waals surface area contributed by atoms with Gasteiger partial charge in [0, 0.05) is 25.0 Å². The third-order valence-corrected chi connectivity index (χ3v) is 2.71. The van der Waals surface area contributed by atoms with Gasteiger partial charge in [0.25, 0.3) is 0 Å². The van der Waals surface area contributed by atoms with Crippen LogP contribution in [0.25, 0.3) is 0 Å². The molecule has 0 aromatic carbocycles. The van der Waals surface area contributed by atoms with Crippen molar-refractivity contribution in [1.82, 2.24) is 10.6 Å². The van der Waals surface area contributed by atoms with Crippen LogP contribution >= 0.6 is 0 Å². The first-order valence-corrected chi connectivity index (χ1v) is 6.16. The Morgan fingerprint density at radius 1 is 1.37 bits per heavy atom. The summed E-state index contributed by atoms with van der Waals surface area (Å²) in [6.07, 6.45) is 0.0450. The van der Waals surface area contributed by atoms with Gasteiger partial charge in [0.1, 0.15) is 5.60 Å². The van der Waals surface area contributed by atoms with Crippen molar-refractivity contribution in [1.29, 1.82) is 0 Å². The molecule has 2 N–H and O–H groups in total. The number of carboxylic acids is 1. The van der Waals surface area contributed by atoms with Crippen molar-refractivity contribution in [3.63, 3.8) is 0 Å². The normalized spacial score (nSPS) is 23.1. The van der Waals surface area contributed by atoms with Gasteiger partial charge < -0.3 is 25.3 Å². The van der Waals surface area contributed by atoms with E-state index >= 15 is 0 Å². The summed E-state index contributed by atoms with van der Waals surface area (Å²) in [5.41, 5.74) is -0.525. The molecule has 1 heterocycles. The van der Waals surface area contributed by atoms with E-state index in [2.05, 4.69) is 10.6 Å². The van der Waals surface area contributed by atoms with Crippen LogP contribution in [0.5, 0.6) is 0 Å². The molecule has 0 aromatic heterocycles. The number of carboxylic acid groups (broad SMARTS) is 1. The monoisotopic (exact) mass is 264 g/mol.